The number of anilines is 1. The van der Waals surface area contributed by atoms with Gasteiger partial charge in [0.15, 0.2) is 0 Å². The highest BCUT2D eigenvalue weighted by molar-refractivity contribution is 5.97. The highest BCUT2D eigenvalue weighted by Gasteiger charge is 2.34. The molecule has 1 atom stereocenters. The van der Waals surface area contributed by atoms with E-state index < -0.39 is 0 Å². The van der Waals surface area contributed by atoms with E-state index in [0.29, 0.717) is 13.0 Å². The van der Waals surface area contributed by atoms with Crippen molar-refractivity contribution in [2.45, 2.75) is 57.9 Å². The van der Waals surface area contributed by atoms with Crippen LogP contribution in [-0.2, 0) is 9.59 Å². The minimum Gasteiger partial charge on any atom is -0.330 e. The molecule has 0 radical (unpaired) electrons. The van der Waals surface area contributed by atoms with E-state index in [2.05, 4.69) is 16.4 Å². The van der Waals surface area contributed by atoms with Crippen LogP contribution in [0.15, 0.2) is 48.3 Å². The average Bonchev–Trinajstić information content (AvgIpc) is 3.39. The lowest BCUT2D eigenvalue weighted by Crippen LogP contribution is -2.43. The van der Waals surface area contributed by atoms with Crippen molar-refractivity contribution >= 4 is 17.5 Å². The first-order valence-electron chi connectivity index (χ1n) is 10.5. The number of carbonyl (C=O) groups excluding carboxylic acids is 2. The molecule has 6 nitrogen and oxygen atoms in total. The Morgan fingerprint density at radius 2 is 2.00 bits per heavy atom. The van der Waals surface area contributed by atoms with Crippen molar-refractivity contribution in [1.82, 2.24) is 14.5 Å². The van der Waals surface area contributed by atoms with E-state index in [-0.39, 0.29) is 17.9 Å². The zero-order valence-electron chi connectivity index (χ0n) is 16.9. The first kappa shape index (κ1) is 19.4. The lowest BCUT2D eigenvalue weighted by Gasteiger charge is -2.25. The Hall–Kier alpha value is -2.89. The quantitative estimate of drug-likeness (QED) is 0.782. The molecule has 152 valence electrons. The lowest BCUT2D eigenvalue weighted by atomic mass is 9.97. The fraction of sp³-hybridized carbons (Fsp3) is 0.435. The Labute approximate surface area is 171 Å². The van der Waals surface area contributed by atoms with Gasteiger partial charge in [-0.05, 0) is 69.7 Å². The topological polar surface area (TPSA) is 67.2 Å². The van der Waals surface area contributed by atoms with Gasteiger partial charge < -0.3 is 14.8 Å². The minimum atomic E-state index is -0.373. The summed E-state index contributed by atoms with van der Waals surface area (Å²) in [5, 5.41) is 2.99. The van der Waals surface area contributed by atoms with Gasteiger partial charge in [-0.15, -0.1) is 0 Å². The molecule has 2 heterocycles. The standard InChI is InChI=1S/C23H28N4O2/c1-17-24-13-15-26(17)20-11-9-19(10-12-20)25-23(29)21-8-5-14-27(21)22(28)16-18-6-3-2-4-7-18/h6,9-13,15,21H,2-5,7-8,14,16H2,1H3,(H,25,29). The van der Waals surface area contributed by atoms with Crippen LogP contribution < -0.4 is 5.32 Å². The number of amides is 2. The van der Waals surface area contributed by atoms with Gasteiger partial charge in [-0.2, -0.15) is 0 Å². The Bertz CT molecular complexity index is 913. The Morgan fingerprint density at radius 1 is 1.17 bits per heavy atom. The van der Waals surface area contributed by atoms with Crippen molar-refractivity contribution in [3.63, 3.8) is 0 Å². The van der Waals surface area contributed by atoms with Crippen molar-refractivity contribution in [3.8, 4) is 5.69 Å². The first-order valence-corrected chi connectivity index (χ1v) is 10.5. The third-order valence-corrected chi connectivity index (χ3v) is 5.88. The van der Waals surface area contributed by atoms with Gasteiger partial charge in [0.25, 0.3) is 0 Å². The van der Waals surface area contributed by atoms with Crippen LogP contribution >= 0.6 is 0 Å². The number of rotatable bonds is 5. The largest absolute Gasteiger partial charge is 0.330 e. The monoisotopic (exact) mass is 392 g/mol. The zero-order chi connectivity index (χ0) is 20.2. The molecule has 2 aromatic rings. The summed E-state index contributed by atoms with van der Waals surface area (Å²) in [4.78, 5) is 31.6. The molecule has 2 aliphatic rings. The molecule has 0 spiro atoms. The zero-order valence-corrected chi connectivity index (χ0v) is 16.9. The van der Waals surface area contributed by atoms with Crippen molar-refractivity contribution in [1.29, 1.82) is 0 Å². The number of nitrogens with one attached hydrogen (secondary N) is 1. The third kappa shape index (κ3) is 4.42. The van der Waals surface area contributed by atoms with Crippen molar-refractivity contribution in [2.24, 2.45) is 0 Å². The summed E-state index contributed by atoms with van der Waals surface area (Å²) in [5.41, 5.74) is 2.97. The van der Waals surface area contributed by atoms with E-state index in [1.54, 1.807) is 11.1 Å². The lowest BCUT2D eigenvalue weighted by molar-refractivity contribution is -0.136. The molecule has 0 bridgehead atoms. The Morgan fingerprint density at radius 3 is 2.69 bits per heavy atom. The van der Waals surface area contributed by atoms with Gasteiger partial charge in [0.2, 0.25) is 11.8 Å². The molecule has 1 aliphatic heterocycles. The third-order valence-electron chi connectivity index (χ3n) is 5.88. The number of benzene rings is 1. The van der Waals surface area contributed by atoms with E-state index >= 15 is 0 Å². The molecule has 2 amide bonds. The predicted octanol–water partition coefficient (Wildman–Crippen LogP) is 4.00. The second-order valence-electron chi connectivity index (χ2n) is 7.91. The number of hydrogen-bond donors (Lipinski definition) is 1. The second kappa shape index (κ2) is 8.64. The average molecular weight is 393 g/mol. The molecular formula is C23H28N4O2. The number of allylic oxidation sites excluding steroid dienone is 1. The molecule has 1 N–H and O–H groups in total. The van der Waals surface area contributed by atoms with E-state index in [4.69, 9.17) is 0 Å². The first-order chi connectivity index (χ1) is 14.1. The molecule has 6 heteroatoms. The number of nitrogens with zero attached hydrogens (tertiary/aromatic N) is 3. The maximum Gasteiger partial charge on any atom is 0.247 e. The van der Waals surface area contributed by atoms with Gasteiger partial charge >= 0.3 is 0 Å². The van der Waals surface area contributed by atoms with Crippen LogP contribution in [0.4, 0.5) is 5.69 Å². The summed E-state index contributed by atoms with van der Waals surface area (Å²) in [6, 6.07) is 7.32. The van der Waals surface area contributed by atoms with Gasteiger partial charge in [0.1, 0.15) is 11.9 Å². The summed E-state index contributed by atoms with van der Waals surface area (Å²) >= 11 is 0. The van der Waals surface area contributed by atoms with Gasteiger partial charge in [0.05, 0.1) is 0 Å². The van der Waals surface area contributed by atoms with Gasteiger partial charge in [-0.1, -0.05) is 11.6 Å². The number of likely N-dealkylation sites (tertiary alicyclic amines) is 1. The van der Waals surface area contributed by atoms with Crippen LogP contribution in [0.1, 0.15) is 50.8 Å². The maximum absolute atomic E-state index is 12.9. The molecule has 1 aromatic carbocycles. The molecule has 1 unspecified atom stereocenters. The number of hydrogen-bond acceptors (Lipinski definition) is 3. The van der Waals surface area contributed by atoms with Gasteiger partial charge in [0, 0.05) is 36.7 Å². The van der Waals surface area contributed by atoms with Crippen molar-refractivity contribution in [2.75, 3.05) is 11.9 Å². The van der Waals surface area contributed by atoms with Crippen LogP contribution in [-0.4, -0.2) is 38.9 Å². The smallest absolute Gasteiger partial charge is 0.247 e. The molecule has 1 aromatic heterocycles. The molecule has 1 fully saturated rings. The van der Waals surface area contributed by atoms with Crippen molar-refractivity contribution < 1.29 is 9.59 Å². The van der Waals surface area contributed by atoms with Crippen LogP contribution in [0, 0.1) is 6.92 Å². The Balaban J connectivity index is 1.38. The van der Waals surface area contributed by atoms with E-state index in [9.17, 15) is 9.59 Å². The number of aryl methyl sites for hydroxylation is 1. The van der Waals surface area contributed by atoms with E-state index in [0.717, 1.165) is 49.3 Å². The second-order valence-corrected chi connectivity index (χ2v) is 7.91. The molecular weight excluding hydrogens is 364 g/mol. The fourth-order valence-corrected chi connectivity index (χ4v) is 4.28. The molecule has 1 aliphatic carbocycles. The summed E-state index contributed by atoms with van der Waals surface area (Å²) < 4.78 is 1.99. The Kier molecular flexibility index (Phi) is 5.79. The molecule has 0 saturated carbocycles. The number of imidazole rings is 1. The normalized spacial score (nSPS) is 19.1. The summed E-state index contributed by atoms with van der Waals surface area (Å²) in [7, 11) is 0. The predicted molar refractivity (Wildman–Crippen MR) is 113 cm³/mol. The highest BCUT2D eigenvalue weighted by atomic mass is 16.2. The minimum absolute atomic E-state index is 0.0849. The van der Waals surface area contributed by atoms with Crippen LogP contribution in [0.3, 0.4) is 0 Å². The van der Waals surface area contributed by atoms with Gasteiger partial charge in [-0.25, -0.2) is 4.98 Å². The molecule has 29 heavy (non-hydrogen) atoms. The van der Waals surface area contributed by atoms with Crippen LogP contribution in [0.25, 0.3) is 5.69 Å². The van der Waals surface area contributed by atoms with Crippen LogP contribution in [0.2, 0.25) is 0 Å². The maximum atomic E-state index is 12.9. The summed E-state index contributed by atoms with van der Waals surface area (Å²) in [5.74, 6) is 0.900. The highest BCUT2D eigenvalue weighted by Crippen LogP contribution is 2.25. The van der Waals surface area contributed by atoms with Crippen LogP contribution in [0.5, 0.6) is 0 Å². The fourth-order valence-electron chi connectivity index (χ4n) is 4.28. The summed E-state index contributed by atoms with van der Waals surface area (Å²) in [6.45, 7) is 2.62. The number of carbonyl (C=O) groups is 2. The van der Waals surface area contributed by atoms with E-state index in [1.165, 1.54) is 12.0 Å². The van der Waals surface area contributed by atoms with E-state index in [1.807, 2.05) is 42.0 Å². The number of aromatic nitrogens is 2. The summed E-state index contributed by atoms with van der Waals surface area (Å²) in [6.07, 6.45) is 12.4. The SMILES string of the molecule is Cc1nccn1-c1ccc(NC(=O)C2CCCN2C(=O)CC2=CCCCC2)cc1. The molecule has 1 saturated heterocycles. The van der Waals surface area contributed by atoms with Crippen molar-refractivity contribution in [3.05, 3.63) is 54.1 Å². The molecule has 4 rings (SSSR count). The van der Waals surface area contributed by atoms with Gasteiger partial charge in [-0.3, -0.25) is 9.59 Å².